The second-order valence-electron chi connectivity index (χ2n) is 4.01. The number of carbonyl (C=O) groups excluding carboxylic acids is 4. The van der Waals surface area contributed by atoms with Crippen molar-refractivity contribution in [3.63, 3.8) is 0 Å². The highest BCUT2D eigenvalue weighted by atomic mass is 79.9. The van der Waals surface area contributed by atoms with Gasteiger partial charge in [0.25, 0.3) is 11.8 Å². The highest BCUT2D eigenvalue weighted by molar-refractivity contribution is 9.08. The minimum Gasteiger partial charge on any atom is -0.274 e. The van der Waals surface area contributed by atoms with Gasteiger partial charge in [-0.15, -0.1) is 0 Å². The van der Waals surface area contributed by atoms with Crippen LogP contribution in [-0.4, -0.2) is 31.5 Å². The van der Waals surface area contributed by atoms with Gasteiger partial charge in [-0.3, -0.25) is 19.2 Å². The van der Waals surface area contributed by atoms with E-state index in [0.717, 1.165) is 7.85 Å². The van der Waals surface area contributed by atoms with Gasteiger partial charge in [0.05, 0.1) is 43.4 Å². The van der Waals surface area contributed by atoms with Gasteiger partial charge < -0.3 is 0 Å². The molecule has 3 rings (SSSR count). The third-order valence-electron chi connectivity index (χ3n) is 2.74. The Bertz CT molecular complexity index is 566. The molecule has 0 atom stereocenters. The Balaban J connectivity index is 0.000000160. The molecule has 1 saturated heterocycles. The van der Waals surface area contributed by atoms with E-state index in [-0.39, 0.29) is 23.6 Å². The van der Waals surface area contributed by atoms with Crippen LogP contribution in [0.25, 0.3) is 0 Å². The molecule has 2 aliphatic rings. The highest BCUT2D eigenvalue weighted by Gasteiger charge is 2.33. The molecule has 1 aromatic rings. The lowest BCUT2D eigenvalue weighted by Crippen LogP contribution is -2.17. The van der Waals surface area contributed by atoms with Crippen LogP contribution >= 0.6 is 32.3 Å². The second-order valence-corrected chi connectivity index (χ2v) is 5.42. The van der Waals surface area contributed by atoms with Gasteiger partial charge in [-0.05, 0) is 12.1 Å². The Morgan fingerprint density at radius 1 is 0.750 bits per heavy atom. The van der Waals surface area contributed by atoms with Crippen molar-refractivity contribution in [1.82, 2.24) is 7.85 Å². The minimum absolute atomic E-state index is 0.144. The van der Waals surface area contributed by atoms with Crippen molar-refractivity contribution >= 4 is 55.9 Å². The van der Waals surface area contributed by atoms with Gasteiger partial charge in [0.15, 0.2) is 0 Å². The average molecular weight is 404 g/mol. The third kappa shape index (κ3) is 2.66. The minimum atomic E-state index is -0.296. The van der Waals surface area contributed by atoms with Crippen LogP contribution in [0.4, 0.5) is 0 Å². The average Bonchev–Trinajstić information content (AvgIpc) is 2.87. The number of halogens is 2. The van der Waals surface area contributed by atoms with Crippen molar-refractivity contribution in [2.75, 3.05) is 0 Å². The lowest BCUT2D eigenvalue weighted by Gasteiger charge is -1.98. The van der Waals surface area contributed by atoms with Gasteiger partial charge in [0.1, 0.15) is 0 Å². The number of nitrogens with zero attached hydrogens (tertiary/aromatic N) is 2. The summed E-state index contributed by atoms with van der Waals surface area (Å²) in [6.45, 7) is 0. The predicted molar refractivity (Wildman–Crippen MR) is 75.9 cm³/mol. The molecule has 2 aliphatic heterocycles. The van der Waals surface area contributed by atoms with E-state index in [1.165, 1.54) is 0 Å². The van der Waals surface area contributed by atoms with Crippen LogP contribution in [0.1, 0.15) is 33.6 Å². The summed E-state index contributed by atoms with van der Waals surface area (Å²) in [4.78, 5) is 43.4. The fourth-order valence-electron chi connectivity index (χ4n) is 1.71. The van der Waals surface area contributed by atoms with Crippen LogP contribution in [0, 0.1) is 0 Å². The Labute approximate surface area is 131 Å². The first-order valence-corrected chi connectivity index (χ1v) is 7.00. The maximum absolute atomic E-state index is 11.3. The maximum Gasteiger partial charge on any atom is 0.271 e. The van der Waals surface area contributed by atoms with Crippen LogP contribution in [0.5, 0.6) is 0 Å². The molecule has 4 amide bonds. The number of carbonyl (C=O) groups is 4. The topological polar surface area (TPSA) is 74.8 Å². The van der Waals surface area contributed by atoms with Crippen molar-refractivity contribution in [2.45, 2.75) is 12.8 Å². The van der Waals surface area contributed by atoms with E-state index >= 15 is 0 Å². The van der Waals surface area contributed by atoms with Crippen LogP contribution in [0.15, 0.2) is 24.3 Å². The molecule has 20 heavy (non-hydrogen) atoms. The van der Waals surface area contributed by atoms with E-state index in [9.17, 15) is 19.2 Å². The summed E-state index contributed by atoms with van der Waals surface area (Å²) in [5.41, 5.74) is 0.916. The van der Waals surface area contributed by atoms with Crippen molar-refractivity contribution in [2.24, 2.45) is 0 Å². The monoisotopic (exact) mass is 402 g/mol. The summed E-state index contributed by atoms with van der Waals surface area (Å²) in [5.74, 6) is -0.879. The molecule has 0 N–H and O–H groups in total. The summed E-state index contributed by atoms with van der Waals surface area (Å²) in [5, 5.41) is 0. The van der Waals surface area contributed by atoms with E-state index < -0.39 is 0 Å². The van der Waals surface area contributed by atoms with Crippen molar-refractivity contribution in [3.05, 3.63) is 35.4 Å². The number of hydrogen-bond acceptors (Lipinski definition) is 4. The van der Waals surface area contributed by atoms with E-state index in [1.807, 2.05) is 0 Å². The summed E-state index contributed by atoms with van der Waals surface area (Å²) in [7, 11) is 0. The van der Waals surface area contributed by atoms with Crippen molar-refractivity contribution in [1.29, 1.82) is 0 Å². The molecule has 8 heteroatoms. The smallest absolute Gasteiger partial charge is 0.271 e. The number of amides is 4. The normalized spacial score (nSPS) is 17.3. The van der Waals surface area contributed by atoms with E-state index in [2.05, 4.69) is 32.3 Å². The van der Waals surface area contributed by atoms with Crippen LogP contribution < -0.4 is 0 Å². The van der Waals surface area contributed by atoms with Gasteiger partial charge >= 0.3 is 0 Å². The molecular weight excluding hydrogens is 396 g/mol. The molecule has 0 aromatic heterocycles. The fraction of sp³-hybridized carbons (Fsp3) is 0.167. The fourth-order valence-corrected chi connectivity index (χ4v) is 2.45. The van der Waals surface area contributed by atoms with Gasteiger partial charge in [-0.25, -0.2) is 7.85 Å². The first-order valence-electron chi connectivity index (χ1n) is 5.58. The largest absolute Gasteiger partial charge is 0.274 e. The Hall–Kier alpha value is -1.54. The van der Waals surface area contributed by atoms with Crippen LogP contribution in [-0.2, 0) is 9.59 Å². The number of rotatable bonds is 0. The Morgan fingerprint density at radius 2 is 1.15 bits per heavy atom. The molecular formula is C12H8Br2N2O4. The number of benzene rings is 1. The molecule has 0 bridgehead atoms. The summed E-state index contributed by atoms with van der Waals surface area (Å²) in [6.07, 6.45) is 0.703. The lowest BCUT2D eigenvalue weighted by atomic mass is 10.1. The number of imide groups is 2. The molecule has 6 nitrogen and oxygen atoms in total. The summed E-state index contributed by atoms with van der Waals surface area (Å²) >= 11 is 5.69. The summed E-state index contributed by atoms with van der Waals surface area (Å²) < 4.78 is 1.92. The van der Waals surface area contributed by atoms with E-state index in [0.29, 0.717) is 24.0 Å². The lowest BCUT2D eigenvalue weighted by molar-refractivity contribution is -0.131. The molecule has 0 aliphatic carbocycles. The quantitative estimate of drug-likeness (QED) is 0.490. The van der Waals surface area contributed by atoms with Crippen LogP contribution in [0.2, 0.25) is 0 Å². The maximum atomic E-state index is 11.3. The number of hydrogen-bond donors (Lipinski definition) is 0. The first kappa shape index (κ1) is 14.9. The zero-order valence-corrected chi connectivity index (χ0v) is 13.2. The predicted octanol–water partition coefficient (Wildman–Crippen LogP) is 2.04. The zero-order valence-electron chi connectivity index (χ0n) is 10.0. The van der Waals surface area contributed by atoms with Crippen molar-refractivity contribution in [3.8, 4) is 0 Å². The van der Waals surface area contributed by atoms with Gasteiger partial charge in [0.2, 0.25) is 11.8 Å². The highest BCUT2D eigenvalue weighted by Crippen LogP contribution is 2.24. The molecule has 0 spiro atoms. The van der Waals surface area contributed by atoms with E-state index in [1.54, 1.807) is 24.3 Å². The molecule has 0 saturated carbocycles. The van der Waals surface area contributed by atoms with Gasteiger partial charge in [-0.2, -0.15) is 0 Å². The molecule has 0 unspecified atom stereocenters. The van der Waals surface area contributed by atoms with Crippen LogP contribution in [0.3, 0.4) is 0 Å². The van der Waals surface area contributed by atoms with Crippen molar-refractivity contribution < 1.29 is 19.2 Å². The molecule has 104 valence electrons. The van der Waals surface area contributed by atoms with E-state index in [4.69, 9.17) is 0 Å². The Kier molecular flexibility index (Phi) is 4.34. The SMILES string of the molecule is O=C1CCC(=O)N1Br.O=C1c2ccccc2C(=O)N1Br. The molecule has 1 aromatic carbocycles. The zero-order chi connectivity index (χ0) is 14.9. The summed E-state index contributed by atoms with van der Waals surface area (Å²) in [6, 6.07) is 6.74. The molecule has 2 heterocycles. The third-order valence-corrected chi connectivity index (χ3v) is 4.17. The van der Waals surface area contributed by atoms with Gasteiger partial charge in [-0.1, -0.05) is 12.1 Å². The standard InChI is InChI=1S/C8H4BrNO2.C4H4BrNO2/c9-10-7(11)5-3-1-2-4-6(5)8(10)12;5-6-3(7)1-2-4(6)8/h1-4H;1-2H2. The number of fused-ring (bicyclic) bond motifs is 1. The second kappa shape index (κ2) is 5.84. The Morgan fingerprint density at radius 3 is 1.45 bits per heavy atom. The molecule has 0 radical (unpaired) electrons. The molecule has 1 fully saturated rings. The van der Waals surface area contributed by atoms with Gasteiger partial charge in [0, 0.05) is 12.8 Å². The first-order chi connectivity index (χ1) is 9.43.